The Morgan fingerprint density at radius 2 is 2.27 bits per heavy atom. The van der Waals surface area contributed by atoms with E-state index in [4.69, 9.17) is 11.6 Å². The van der Waals surface area contributed by atoms with Crippen molar-refractivity contribution >= 4 is 40.3 Å². The van der Waals surface area contributed by atoms with Gasteiger partial charge in [0.2, 0.25) is 0 Å². The monoisotopic (exact) mass is 251 g/mol. The number of hydrogen-bond acceptors (Lipinski definition) is 2. The summed E-state index contributed by atoms with van der Waals surface area (Å²) in [5, 5.41) is 0.751. The lowest BCUT2D eigenvalue weighted by Crippen LogP contribution is -1.98. The van der Waals surface area contributed by atoms with Crippen molar-refractivity contribution in [3.05, 3.63) is 33.3 Å². The van der Waals surface area contributed by atoms with Crippen molar-refractivity contribution in [3.8, 4) is 0 Å². The van der Waals surface area contributed by atoms with Gasteiger partial charge in [0.1, 0.15) is 0 Å². The standard InChI is InChI=1S/C7H7BrClNS/c8-6-2-1-5(4-10-11)7(9)3-6/h1-3,10-11H,4H2. The van der Waals surface area contributed by atoms with Gasteiger partial charge in [-0.05, 0) is 17.7 Å². The average Bonchev–Trinajstić information content (AvgIpc) is 1.95. The third-order valence-corrected chi connectivity index (χ3v) is 2.29. The summed E-state index contributed by atoms with van der Waals surface area (Å²) in [5.74, 6) is 0. The molecule has 0 atom stereocenters. The molecule has 0 amide bonds. The van der Waals surface area contributed by atoms with E-state index < -0.39 is 0 Å². The molecule has 0 aromatic heterocycles. The van der Waals surface area contributed by atoms with Crippen LogP contribution in [0.5, 0.6) is 0 Å². The molecule has 0 saturated heterocycles. The van der Waals surface area contributed by atoms with Crippen LogP contribution in [0, 0.1) is 0 Å². The van der Waals surface area contributed by atoms with E-state index in [2.05, 4.69) is 33.5 Å². The molecule has 1 aromatic carbocycles. The molecule has 0 aliphatic rings. The molecule has 1 N–H and O–H groups in total. The minimum absolute atomic E-state index is 0.676. The summed E-state index contributed by atoms with van der Waals surface area (Å²) >= 11 is 13.1. The van der Waals surface area contributed by atoms with Gasteiger partial charge in [-0.1, -0.05) is 46.4 Å². The van der Waals surface area contributed by atoms with Crippen molar-refractivity contribution in [3.63, 3.8) is 0 Å². The Hall–Kier alpha value is 0.300. The molecule has 1 nitrogen and oxygen atoms in total. The molecule has 11 heavy (non-hydrogen) atoms. The zero-order valence-electron chi connectivity index (χ0n) is 5.64. The highest BCUT2D eigenvalue weighted by Crippen LogP contribution is 2.20. The van der Waals surface area contributed by atoms with Gasteiger partial charge in [0.05, 0.1) is 0 Å². The lowest BCUT2D eigenvalue weighted by atomic mass is 10.2. The minimum Gasteiger partial charge on any atom is -0.262 e. The zero-order valence-corrected chi connectivity index (χ0v) is 8.88. The predicted molar refractivity (Wildman–Crippen MR) is 55.0 cm³/mol. The van der Waals surface area contributed by atoms with E-state index in [0.717, 1.165) is 15.1 Å². The molecule has 0 saturated carbocycles. The molecular formula is C7H7BrClNS. The van der Waals surface area contributed by atoms with Crippen molar-refractivity contribution in [2.24, 2.45) is 0 Å². The number of nitrogens with one attached hydrogen (secondary N) is 1. The highest BCUT2D eigenvalue weighted by atomic mass is 79.9. The maximum atomic E-state index is 5.90. The van der Waals surface area contributed by atoms with Crippen molar-refractivity contribution in [1.29, 1.82) is 0 Å². The summed E-state index contributed by atoms with van der Waals surface area (Å²) in [4.78, 5) is 0. The zero-order chi connectivity index (χ0) is 8.27. The van der Waals surface area contributed by atoms with Crippen LogP contribution in [-0.2, 0) is 6.54 Å². The Balaban J connectivity index is 2.90. The average molecular weight is 253 g/mol. The van der Waals surface area contributed by atoms with Gasteiger partial charge in [0, 0.05) is 16.0 Å². The smallest absolute Gasteiger partial charge is 0.0462 e. The first-order valence-electron chi connectivity index (χ1n) is 3.05. The van der Waals surface area contributed by atoms with Gasteiger partial charge in [0.25, 0.3) is 0 Å². The van der Waals surface area contributed by atoms with Crippen LogP contribution in [0.4, 0.5) is 0 Å². The van der Waals surface area contributed by atoms with E-state index in [1.165, 1.54) is 0 Å². The SMILES string of the molecule is SNCc1ccc(Br)cc1Cl. The van der Waals surface area contributed by atoms with Crippen LogP contribution in [0.1, 0.15) is 5.56 Å². The summed E-state index contributed by atoms with van der Waals surface area (Å²) in [6.45, 7) is 0.676. The van der Waals surface area contributed by atoms with E-state index >= 15 is 0 Å². The molecule has 4 heteroatoms. The van der Waals surface area contributed by atoms with E-state index in [1.807, 2.05) is 18.2 Å². The van der Waals surface area contributed by atoms with E-state index in [1.54, 1.807) is 0 Å². The van der Waals surface area contributed by atoms with Crippen molar-refractivity contribution in [1.82, 2.24) is 4.72 Å². The quantitative estimate of drug-likeness (QED) is 0.771. The summed E-state index contributed by atoms with van der Waals surface area (Å²) in [6, 6.07) is 5.77. The number of rotatable bonds is 2. The normalized spacial score (nSPS) is 10.1. The Morgan fingerprint density at radius 1 is 1.55 bits per heavy atom. The second-order valence-corrected chi connectivity index (χ2v) is 3.71. The fourth-order valence-corrected chi connectivity index (χ4v) is 1.66. The van der Waals surface area contributed by atoms with Gasteiger partial charge in [-0.15, -0.1) is 0 Å². The molecule has 0 unspecified atom stereocenters. The summed E-state index contributed by atoms with van der Waals surface area (Å²) < 4.78 is 3.73. The topological polar surface area (TPSA) is 12.0 Å². The number of benzene rings is 1. The molecular weight excluding hydrogens is 246 g/mol. The van der Waals surface area contributed by atoms with Crippen LogP contribution in [0.15, 0.2) is 22.7 Å². The fourth-order valence-electron chi connectivity index (χ4n) is 0.750. The molecule has 60 valence electrons. The largest absolute Gasteiger partial charge is 0.262 e. The maximum absolute atomic E-state index is 5.90. The van der Waals surface area contributed by atoms with Crippen molar-refractivity contribution < 1.29 is 0 Å². The molecule has 0 aliphatic carbocycles. The summed E-state index contributed by atoms with van der Waals surface area (Å²) in [6.07, 6.45) is 0. The molecule has 0 fully saturated rings. The number of halogens is 2. The van der Waals surface area contributed by atoms with Crippen LogP contribution in [0.25, 0.3) is 0 Å². The molecule has 0 spiro atoms. The molecule has 1 aromatic rings. The van der Waals surface area contributed by atoms with Crippen LogP contribution < -0.4 is 4.72 Å². The third kappa shape index (κ3) is 2.67. The van der Waals surface area contributed by atoms with Crippen LogP contribution in [-0.4, -0.2) is 0 Å². The minimum atomic E-state index is 0.676. The predicted octanol–water partition coefficient (Wildman–Crippen LogP) is 3.04. The lowest BCUT2D eigenvalue weighted by Gasteiger charge is -2.01. The number of thiol groups is 1. The van der Waals surface area contributed by atoms with Gasteiger partial charge >= 0.3 is 0 Å². The molecule has 0 radical (unpaired) electrons. The van der Waals surface area contributed by atoms with Gasteiger partial charge in [0.15, 0.2) is 0 Å². The Bertz CT molecular complexity index is 254. The summed E-state index contributed by atoms with van der Waals surface area (Å²) in [5.41, 5.74) is 1.05. The van der Waals surface area contributed by atoms with Gasteiger partial charge in [-0.25, -0.2) is 0 Å². The van der Waals surface area contributed by atoms with Gasteiger partial charge in [-0.3, -0.25) is 4.72 Å². The second kappa shape index (κ2) is 4.36. The lowest BCUT2D eigenvalue weighted by molar-refractivity contribution is 0.985. The summed E-state index contributed by atoms with van der Waals surface area (Å²) in [7, 11) is 0. The third-order valence-electron chi connectivity index (χ3n) is 1.28. The number of hydrogen-bond donors (Lipinski definition) is 2. The molecule has 0 aliphatic heterocycles. The maximum Gasteiger partial charge on any atom is 0.0462 e. The van der Waals surface area contributed by atoms with E-state index in [0.29, 0.717) is 6.54 Å². The Morgan fingerprint density at radius 3 is 2.82 bits per heavy atom. The first-order valence-corrected chi connectivity index (χ1v) is 4.66. The van der Waals surface area contributed by atoms with Crippen molar-refractivity contribution in [2.45, 2.75) is 6.54 Å². The van der Waals surface area contributed by atoms with Gasteiger partial charge < -0.3 is 0 Å². The molecule has 0 heterocycles. The molecule has 1 rings (SSSR count). The Kier molecular flexibility index (Phi) is 3.72. The van der Waals surface area contributed by atoms with Crippen molar-refractivity contribution in [2.75, 3.05) is 0 Å². The fraction of sp³-hybridized carbons (Fsp3) is 0.143. The van der Waals surface area contributed by atoms with E-state index in [-0.39, 0.29) is 0 Å². The molecule has 0 bridgehead atoms. The first kappa shape index (κ1) is 9.39. The highest BCUT2D eigenvalue weighted by molar-refractivity contribution is 9.10. The van der Waals surface area contributed by atoms with Crippen LogP contribution >= 0.6 is 40.3 Å². The first-order chi connectivity index (χ1) is 5.24. The van der Waals surface area contributed by atoms with E-state index in [9.17, 15) is 0 Å². The highest BCUT2D eigenvalue weighted by Gasteiger charge is 1.98. The van der Waals surface area contributed by atoms with Gasteiger partial charge in [-0.2, -0.15) is 0 Å². The second-order valence-electron chi connectivity index (χ2n) is 2.07. The Labute approximate surface area is 84.8 Å². The van der Waals surface area contributed by atoms with Crippen LogP contribution in [0.3, 0.4) is 0 Å². The van der Waals surface area contributed by atoms with Crippen LogP contribution in [0.2, 0.25) is 5.02 Å².